The van der Waals surface area contributed by atoms with Crippen molar-refractivity contribution in [3.63, 3.8) is 0 Å². The van der Waals surface area contributed by atoms with Crippen LogP contribution in [0.2, 0.25) is 0 Å². The van der Waals surface area contributed by atoms with E-state index in [1.807, 2.05) is 18.2 Å². The molecule has 0 spiro atoms. The molecular weight excluding hydrogens is 260 g/mol. The second-order valence-corrected chi connectivity index (χ2v) is 4.19. The Morgan fingerprint density at radius 3 is 2.45 bits per heavy atom. The molecule has 1 aromatic carbocycles. The predicted molar refractivity (Wildman–Crippen MR) is 72.5 cm³/mol. The third kappa shape index (κ3) is 5.51. The van der Waals surface area contributed by atoms with Crippen molar-refractivity contribution >= 4 is 17.8 Å². The number of esters is 1. The van der Waals surface area contributed by atoms with Gasteiger partial charge >= 0.3 is 5.97 Å². The smallest absolute Gasteiger partial charge is 0.308 e. The predicted octanol–water partition coefficient (Wildman–Crippen LogP) is 0.152. The first-order chi connectivity index (χ1) is 9.52. The highest BCUT2D eigenvalue weighted by atomic mass is 16.5. The summed E-state index contributed by atoms with van der Waals surface area (Å²) in [5, 5.41) is 2.44. The van der Waals surface area contributed by atoms with E-state index in [-0.39, 0.29) is 25.4 Å². The van der Waals surface area contributed by atoms with E-state index in [1.165, 1.54) is 0 Å². The molecule has 108 valence electrons. The molecule has 0 unspecified atom stereocenters. The maximum Gasteiger partial charge on any atom is 0.308 e. The lowest BCUT2D eigenvalue weighted by Gasteiger charge is -2.14. The zero-order chi connectivity index (χ0) is 15.0. The third-order valence-corrected chi connectivity index (χ3v) is 2.56. The first-order valence-electron chi connectivity index (χ1n) is 6.31. The Kier molecular flexibility index (Phi) is 6.22. The van der Waals surface area contributed by atoms with E-state index in [2.05, 4.69) is 5.32 Å². The SMILES string of the molecule is CCOC(=O)C[C@@H](NC(=O)Cc1ccccc1)C(N)=O. The molecule has 6 nitrogen and oxygen atoms in total. The van der Waals surface area contributed by atoms with Crippen molar-refractivity contribution in [1.29, 1.82) is 0 Å². The molecule has 20 heavy (non-hydrogen) atoms. The Balaban J connectivity index is 2.55. The maximum absolute atomic E-state index is 11.8. The minimum Gasteiger partial charge on any atom is -0.466 e. The molecule has 0 fully saturated rings. The molecule has 6 heteroatoms. The largest absolute Gasteiger partial charge is 0.466 e. The summed E-state index contributed by atoms with van der Waals surface area (Å²) in [6, 6.07) is 8.01. The van der Waals surface area contributed by atoms with Crippen molar-refractivity contribution in [3.8, 4) is 0 Å². The minimum absolute atomic E-state index is 0.118. The third-order valence-electron chi connectivity index (χ3n) is 2.56. The van der Waals surface area contributed by atoms with Gasteiger partial charge in [-0.3, -0.25) is 14.4 Å². The number of carbonyl (C=O) groups is 3. The molecule has 0 saturated heterocycles. The molecule has 0 heterocycles. The van der Waals surface area contributed by atoms with Crippen LogP contribution in [0.1, 0.15) is 18.9 Å². The molecule has 3 N–H and O–H groups in total. The van der Waals surface area contributed by atoms with Crippen LogP contribution in [0.4, 0.5) is 0 Å². The molecule has 0 aliphatic carbocycles. The van der Waals surface area contributed by atoms with Gasteiger partial charge in [0.15, 0.2) is 0 Å². The van der Waals surface area contributed by atoms with Crippen LogP contribution in [-0.4, -0.2) is 30.4 Å². The lowest BCUT2D eigenvalue weighted by Crippen LogP contribution is -2.46. The van der Waals surface area contributed by atoms with Gasteiger partial charge in [0.05, 0.1) is 19.4 Å². The summed E-state index contributed by atoms with van der Waals surface area (Å²) >= 11 is 0. The van der Waals surface area contributed by atoms with E-state index >= 15 is 0 Å². The first kappa shape index (κ1) is 15.7. The summed E-state index contributed by atoms with van der Waals surface area (Å²) in [6.07, 6.45) is -0.142. The second-order valence-electron chi connectivity index (χ2n) is 4.19. The average Bonchev–Trinajstić information content (AvgIpc) is 2.39. The molecule has 0 aliphatic rings. The number of hydrogen-bond acceptors (Lipinski definition) is 4. The van der Waals surface area contributed by atoms with Crippen molar-refractivity contribution in [3.05, 3.63) is 35.9 Å². The summed E-state index contributed by atoms with van der Waals surface area (Å²) in [5.41, 5.74) is 5.97. The van der Waals surface area contributed by atoms with Gasteiger partial charge in [-0.05, 0) is 12.5 Å². The van der Waals surface area contributed by atoms with Crippen LogP contribution in [-0.2, 0) is 25.5 Å². The molecule has 1 aromatic rings. The lowest BCUT2D eigenvalue weighted by molar-refractivity contribution is -0.145. The highest BCUT2D eigenvalue weighted by Crippen LogP contribution is 2.01. The number of nitrogens with two attached hydrogens (primary N) is 1. The quantitative estimate of drug-likeness (QED) is 0.694. The van der Waals surface area contributed by atoms with Crippen LogP contribution < -0.4 is 11.1 Å². The molecule has 0 radical (unpaired) electrons. The van der Waals surface area contributed by atoms with E-state index in [9.17, 15) is 14.4 Å². The lowest BCUT2D eigenvalue weighted by atomic mass is 10.1. The number of primary amides is 1. The van der Waals surface area contributed by atoms with Gasteiger partial charge in [0, 0.05) is 0 Å². The Hall–Kier alpha value is -2.37. The highest BCUT2D eigenvalue weighted by molar-refractivity contribution is 5.90. The average molecular weight is 278 g/mol. The zero-order valence-electron chi connectivity index (χ0n) is 11.3. The Morgan fingerprint density at radius 2 is 1.90 bits per heavy atom. The fourth-order valence-corrected chi connectivity index (χ4v) is 1.64. The van der Waals surface area contributed by atoms with E-state index in [0.29, 0.717) is 0 Å². The van der Waals surface area contributed by atoms with Crippen LogP contribution in [0.5, 0.6) is 0 Å². The van der Waals surface area contributed by atoms with Crippen LogP contribution in [0.15, 0.2) is 30.3 Å². The molecule has 1 rings (SSSR count). The van der Waals surface area contributed by atoms with Crippen LogP contribution in [0.3, 0.4) is 0 Å². The van der Waals surface area contributed by atoms with Gasteiger partial charge < -0.3 is 15.8 Å². The summed E-state index contributed by atoms with van der Waals surface area (Å²) in [4.78, 5) is 34.3. The number of benzene rings is 1. The van der Waals surface area contributed by atoms with Gasteiger partial charge in [0.1, 0.15) is 6.04 Å². The van der Waals surface area contributed by atoms with Gasteiger partial charge in [-0.2, -0.15) is 0 Å². The second kappa shape index (κ2) is 7.93. The Labute approximate surface area is 117 Å². The number of ether oxygens (including phenoxy) is 1. The van der Waals surface area contributed by atoms with Gasteiger partial charge in [-0.1, -0.05) is 30.3 Å². The minimum atomic E-state index is -1.05. The van der Waals surface area contributed by atoms with E-state index in [4.69, 9.17) is 10.5 Å². The van der Waals surface area contributed by atoms with Crippen molar-refractivity contribution in [2.75, 3.05) is 6.61 Å². The fraction of sp³-hybridized carbons (Fsp3) is 0.357. The van der Waals surface area contributed by atoms with Gasteiger partial charge in [-0.25, -0.2) is 0 Å². The molecule has 2 amide bonds. The van der Waals surface area contributed by atoms with Crippen molar-refractivity contribution < 1.29 is 19.1 Å². The van der Waals surface area contributed by atoms with Gasteiger partial charge in [0.2, 0.25) is 11.8 Å². The summed E-state index contributed by atoms with van der Waals surface area (Å²) in [6.45, 7) is 1.87. The fourth-order valence-electron chi connectivity index (χ4n) is 1.64. The van der Waals surface area contributed by atoms with E-state index in [0.717, 1.165) is 5.56 Å². The molecule has 0 bridgehead atoms. The molecule has 0 aromatic heterocycles. The van der Waals surface area contributed by atoms with Crippen LogP contribution in [0.25, 0.3) is 0 Å². The van der Waals surface area contributed by atoms with Crippen molar-refractivity contribution in [1.82, 2.24) is 5.32 Å². The zero-order valence-corrected chi connectivity index (χ0v) is 11.3. The van der Waals surface area contributed by atoms with Crippen molar-refractivity contribution in [2.24, 2.45) is 5.73 Å². The van der Waals surface area contributed by atoms with E-state index < -0.39 is 17.9 Å². The van der Waals surface area contributed by atoms with Crippen LogP contribution in [0, 0.1) is 0 Å². The summed E-state index contributed by atoms with van der Waals surface area (Å²) < 4.78 is 4.72. The maximum atomic E-state index is 11.8. The normalized spacial score (nSPS) is 11.4. The molecular formula is C14H18N2O4. The molecule has 0 aliphatic heterocycles. The monoisotopic (exact) mass is 278 g/mol. The number of amides is 2. The van der Waals surface area contributed by atoms with E-state index in [1.54, 1.807) is 19.1 Å². The number of nitrogens with one attached hydrogen (secondary N) is 1. The first-order valence-corrected chi connectivity index (χ1v) is 6.31. The van der Waals surface area contributed by atoms with Crippen molar-refractivity contribution in [2.45, 2.75) is 25.8 Å². The molecule has 0 saturated carbocycles. The summed E-state index contributed by atoms with van der Waals surface area (Å²) in [7, 11) is 0. The number of hydrogen-bond donors (Lipinski definition) is 2. The number of rotatable bonds is 7. The summed E-state index contributed by atoms with van der Waals surface area (Å²) in [5.74, 6) is -1.71. The van der Waals surface area contributed by atoms with Crippen LogP contribution >= 0.6 is 0 Å². The standard InChI is InChI=1S/C14H18N2O4/c1-2-20-13(18)9-11(14(15)19)16-12(17)8-10-6-4-3-5-7-10/h3-7,11H,2,8-9H2,1H3,(H2,15,19)(H,16,17)/t11-/m1/s1. The Bertz CT molecular complexity index is 473. The topological polar surface area (TPSA) is 98.5 Å². The van der Waals surface area contributed by atoms with Gasteiger partial charge in [0.25, 0.3) is 0 Å². The number of carbonyl (C=O) groups excluding carboxylic acids is 3. The highest BCUT2D eigenvalue weighted by Gasteiger charge is 2.22. The Morgan fingerprint density at radius 1 is 1.25 bits per heavy atom. The van der Waals surface area contributed by atoms with Gasteiger partial charge in [-0.15, -0.1) is 0 Å². The molecule has 1 atom stereocenters.